The summed E-state index contributed by atoms with van der Waals surface area (Å²) in [6.07, 6.45) is 0.270. The topological polar surface area (TPSA) is 75.5 Å². The fraction of sp³-hybridized carbons (Fsp3) is 0.476. The van der Waals surface area contributed by atoms with E-state index < -0.39 is 5.69 Å². The molecule has 160 valence electrons. The van der Waals surface area contributed by atoms with Crippen LogP contribution in [0.3, 0.4) is 0 Å². The molecule has 0 spiro atoms. The average molecular weight is 416 g/mol. The molecule has 0 amide bonds. The van der Waals surface area contributed by atoms with Crippen LogP contribution < -0.4 is 16.1 Å². The van der Waals surface area contributed by atoms with Crippen molar-refractivity contribution in [1.29, 1.82) is 0 Å². The van der Waals surface area contributed by atoms with Crippen LogP contribution >= 0.6 is 0 Å². The lowest BCUT2D eigenvalue weighted by Gasteiger charge is -2.32. The van der Waals surface area contributed by atoms with Gasteiger partial charge in [-0.1, -0.05) is 12.1 Å². The molecule has 0 saturated carbocycles. The number of benzene rings is 1. The predicted octanol–water partition coefficient (Wildman–Crippen LogP) is -0.187. The molecule has 1 N–H and O–H groups in total. The molecule has 1 aliphatic rings. The van der Waals surface area contributed by atoms with Crippen molar-refractivity contribution >= 4 is 11.2 Å². The highest BCUT2D eigenvalue weighted by Gasteiger charge is 2.28. The number of aryl methyl sites for hydroxylation is 1. The van der Waals surface area contributed by atoms with Gasteiger partial charge in [-0.2, -0.15) is 0 Å². The third-order valence-corrected chi connectivity index (χ3v) is 5.71. The van der Waals surface area contributed by atoms with Crippen molar-refractivity contribution in [3.05, 3.63) is 62.3 Å². The Morgan fingerprint density at radius 2 is 1.73 bits per heavy atom. The lowest BCUT2D eigenvalue weighted by molar-refractivity contribution is -0.929. The van der Waals surface area contributed by atoms with E-state index in [1.54, 1.807) is 19.2 Å². The molecule has 3 heterocycles. The predicted molar refractivity (Wildman–Crippen MR) is 110 cm³/mol. The molecule has 8 nitrogen and oxygen atoms in total. The Morgan fingerprint density at radius 1 is 1.10 bits per heavy atom. The highest BCUT2D eigenvalue weighted by molar-refractivity contribution is 5.71. The molecule has 1 unspecified atom stereocenters. The molecular weight excluding hydrogens is 389 g/mol. The van der Waals surface area contributed by atoms with Crippen molar-refractivity contribution in [2.24, 2.45) is 14.1 Å². The summed E-state index contributed by atoms with van der Waals surface area (Å²) < 4.78 is 23.6. The van der Waals surface area contributed by atoms with Crippen LogP contribution in [0.4, 0.5) is 4.39 Å². The minimum atomic E-state index is -0.411. The smallest absolute Gasteiger partial charge is 0.332 e. The van der Waals surface area contributed by atoms with Gasteiger partial charge in [-0.3, -0.25) is 13.9 Å². The van der Waals surface area contributed by atoms with Gasteiger partial charge in [-0.15, -0.1) is 0 Å². The molecule has 1 aliphatic heterocycles. The Morgan fingerprint density at radius 3 is 2.37 bits per heavy atom. The Balaban J connectivity index is 1.84. The van der Waals surface area contributed by atoms with Crippen LogP contribution in [0.2, 0.25) is 0 Å². The van der Waals surface area contributed by atoms with Crippen molar-refractivity contribution in [3.63, 3.8) is 0 Å². The monoisotopic (exact) mass is 416 g/mol. The zero-order valence-corrected chi connectivity index (χ0v) is 17.7. The molecule has 9 heteroatoms. The Kier molecular flexibility index (Phi) is 5.33. The summed E-state index contributed by atoms with van der Waals surface area (Å²) in [5.41, 5.74) is 0.812. The van der Waals surface area contributed by atoms with Gasteiger partial charge in [0.05, 0.1) is 0 Å². The van der Waals surface area contributed by atoms with E-state index in [0.717, 1.165) is 29.0 Å². The van der Waals surface area contributed by atoms with Crippen LogP contribution in [-0.2, 0) is 31.9 Å². The van der Waals surface area contributed by atoms with E-state index in [1.807, 2.05) is 4.57 Å². The normalized spacial score (nSPS) is 22.0. The van der Waals surface area contributed by atoms with Crippen LogP contribution in [0.5, 0.6) is 0 Å². The molecule has 2 aromatic heterocycles. The number of nitrogens with zero attached hydrogens (tertiary/aromatic N) is 4. The number of quaternary nitrogens is 1. The second-order valence-corrected chi connectivity index (χ2v) is 8.21. The van der Waals surface area contributed by atoms with Crippen LogP contribution in [0, 0.1) is 5.82 Å². The van der Waals surface area contributed by atoms with E-state index >= 15 is 0 Å². The Bertz CT molecular complexity index is 1180. The van der Waals surface area contributed by atoms with Gasteiger partial charge in [0.2, 0.25) is 0 Å². The molecule has 4 rings (SSSR count). The minimum Gasteiger partial charge on any atom is -0.364 e. The quantitative estimate of drug-likeness (QED) is 0.640. The molecule has 0 radical (unpaired) electrons. The van der Waals surface area contributed by atoms with Gasteiger partial charge >= 0.3 is 5.69 Å². The average Bonchev–Trinajstić information content (AvgIpc) is 3.03. The standard InChI is InChI=1S/C21H26FN5O3/c1-13-9-26(10-14(2)30-13)12-17-23-19-18(20(28)25(4)21(29)24(19)3)27(17)11-15-5-7-16(22)8-6-15/h5-8,13-14H,9-12H2,1-4H3/p+1/t13-,14+. The number of halogens is 1. The van der Waals surface area contributed by atoms with Crippen LogP contribution in [-0.4, -0.2) is 44.0 Å². The Hall–Kier alpha value is -2.78. The van der Waals surface area contributed by atoms with E-state index in [1.165, 1.54) is 28.6 Å². The number of ether oxygens (including phenoxy) is 1. The largest absolute Gasteiger partial charge is 0.364 e. The number of nitrogens with one attached hydrogen (secondary N) is 1. The Labute approximate surface area is 173 Å². The van der Waals surface area contributed by atoms with Crippen LogP contribution in [0.15, 0.2) is 33.9 Å². The third-order valence-electron chi connectivity index (χ3n) is 5.71. The summed E-state index contributed by atoms with van der Waals surface area (Å²) in [4.78, 5) is 31.4. The van der Waals surface area contributed by atoms with E-state index in [9.17, 15) is 14.0 Å². The fourth-order valence-corrected chi connectivity index (χ4v) is 4.33. The number of hydrogen-bond acceptors (Lipinski definition) is 4. The summed E-state index contributed by atoms with van der Waals surface area (Å²) in [5.74, 6) is 0.414. The second-order valence-electron chi connectivity index (χ2n) is 8.21. The second kappa shape index (κ2) is 7.81. The molecule has 1 fully saturated rings. The number of morpholine rings is 1. The van der Waals surface area contributed by atoms with Gasteiger partial charge in [0.1, 0.15) is 37.7 Å². The van der Waals surface area contributed by atoms with Gasteiger partial charge in [0, 0.05) is 20.6 Å². The molecule has 0 aliphatic carbocycles. The van der Waals surface area contributed by atoms with Crippen molar-refractivity contribution in [3.8, 4) is 0 Å². The highest BCUT2D eigenvalue weighted by atomic mass is 19.1. The van der Waals surface area contributed by atoms with E-state index in [-0.39, 0.29) is 23.6 Å². The van der Waals surface area contributed by atoms with Gasteiger partial charge < -0.3 is 14.2 Å². The van der Waals surface area contributed by atoms with Crippen molar-refractivity contribution in [1.82, 2.24) is 18.7 Å². The molecule has 3 aromatic rings. The summed E-state index contributed by atoms with van der Waals surface area (Å²) in [7, 11) is 3.09. The maximum atomic E-state index is 13.4. The summed E-state index contributed by atoms with van der Waals surface area (Å²) in [6, 6.07) is 6.20. The van der Waals surface area contributed by atoms with Crippen LogP contribution in [0.1, 0.15) is 25.2 Å². The van der Waals surface area contributed by atoms with Gasteiger partial charge in [0.15, 0.2) is 17.0 Å². The third kappa shape index (κ3) is 3.70. The first kappa shape index (κ1) is 20.5. The number of fused-ring (bicyclic) bond motifs is 1. The molecule has 30 heavy (non-hydrogen) atoms. The molecule has 1 saturated heterocycles. The van der Waals surface area contributed by atoms with Gasteiger partial charge in [-0.05, 0) is 31.5 Å². The summed E-state index contributed by atoms with van der Waals surface area (Å²) in [6.45, 7) is 6.75. The van der Waals surface area contributed by atoms with Gasteiger partial charge in [0.25, 0.3) is 5.56 Å². The highest BCUT2D eigenvalue weighted by Crippen LogP contribution is 2.15. The maximum Gasteiger partial charge on any atom is 0.332 e. The summed E-state index contributed by atoms with van der Waals surface area (Å²) >= 11 is 0. The summed E-state index contributed by atoms with van der Waals surface area (Å²) in [5, 5.41) is 0. The van der Waals surface area contributed by atoms with Crippen LogP contribution in [0.25, 0.3) is 11.2 Å². The lowest BCUT2D eigenvalue weighted by Crippen LogP contribution is -3.14. The zero-order valence-electron chi connectivity index (χ0n) is 17.7. The number of hydrogen-bond donors (Lipinski definition) is 1. The van der Waals surface area contributed by atoms with Gasteiger partial charge in [-0.25, -0.2) is 14.2 Å². The first-order valence-electron chi connectivity index (χ1n) is 10.1. The molecule has 0 bridgehead atoms. The van der Waals surface area contributed by atoms with E-state index in [4.69, 9.17) is 9.72 Å². The lowest BCUT2D eigenvalue weighted by atomic mass is 10.2. The van der Waals surface area contributed by atoms with Crippen molar-refractivity contribution in [2.45, 2.75) is 39.1 Å². The first-order valence-corrected chi connectivity index (χ1v) is 10.1. The molecule has 3 atom stereocenters. The fourth-order valence-electron chi connectivity index (χ4n) is 4.33. The van der Waals surface area contributed by atoms with Crippen molar-refractivity contribution in [2.75, 3.05) is 13.1 Å². The van der Waals surface area contributed by atoms with E-state index in [2.05, 4.69) is 13.8 Å². The molecule has 1 aromatic carbocycles. The zero-order chi connectivity index (χ0) is 21.6. The maximum absolute atomic E-state index is 13.4. The number of rotatable bonds is 4. The number of aromatic nitrogens is 4. The first-order chi connectivity index (χ1) is 14.2. The molecular formula is C21H27FN5O3+. The van der Waals surface area contributed by atoms with E-state index in [0.29, 0.717) is 24.3 Å². The number of imidazole rings is 1. The SMILES string of the molecule is C[C@@H]1C[NH+](Cc2nc3c(c(=O)n(C)c(=O)n3C)n2Cc2ccc(F)cc2)C[C@H](C)O1. The minimum absolute atomic E-state index is 0.135. The van der Waals surface area contributed by atoms with Crippen molar-refractivity contribution < 1.29 is 14.0 Å².